The Labute approximate surface area is 129 Å². The first-order chi connectivity index (χ1) is 9.67. The summed E-state index contributed by atoms with van der Waals surface area (Å²) in [5.41, 5.74) is 6.96. The molecule has 116 valence electrons. The van der Waals surface area contributed by atoms with Gasteiger partial charge < -0.3 is 15.4 Å². The number of hydrogen-bond donors (Lipinski definition) is 1. The number of carbonyl (C=O) groups excluding carboxylic acids is 1. The highest BCUT2D eigenvalue weighted by molar-refractivity contribution is 6.30. The van der Waals surface area contributed by atoms with E-state index in [2.05, 4.69) is 0 Å². The van der Waals surface area contributed by atoms with E-state index in [0.29, 0.717) is 25.1 Å². The lowest BCUT2D eigenvalue weighted by Crippen LogP contribution is -2.36. The van der Waals surface area contributed by atoms with Gasteiger partial charge in [0.2, 0.25) is 0 Å². The van der Waals surface area contributed by atoms with Crippen molar-refractivity contribution in [1.82, 2.24) is 4.90 Å². The van der Waals surface area contributed by atoms with E-state index < -0.39 is 17.5 Å². The van der Waals surface area contributed by atoms with Crippen LogP contribution in [0.2, 0.25) is 5.02 Å². The van der Waals surface area contributed by atoms with Gasteiger partial charge in [0, 0.05) is 19.1 Å². The summed E-state index contributed by atoms with van der Waals surface area (Å²) in [4.78, 5) is 13.8. The number of nitrogens with zero attached hydrogens (tertiary/aromatic N) is 1. The second kappa shape index (κ2) is 5.81. The summed E-state index contributed by atoms with van der Waals surface area (Å²) >= 11 is 5.83. The number of amides is 1. The van der Waals surface area contributed by atoms with Gasteiger partial charge in [0.1, 0.15) is 11.4 Å². The Morgan fingerprint density at radius 1 is 1.48 bits per heavy atom. The molecule has 0 bridgehead atoms. The molecule has 1 amide bonds. The smallest absolute Gasteiger partial charge is 0.410 e. The molecule has 0 fully saturated rings. The fourth-order valence-corrected chi connectivity index (χ4v) is 2.49. The molecular formula is C15H20ClFN2O2. The summed E-state index contributed by atoms with van der Waals surface area (Å²) in [5, 5.41) is 0.0342. The molecule has 0 aliphatic carbocycles. The molecule has 0 saturated carbocycles. The Morgan fingerprint density at radius 3 is 2.76 bits per heavy atom. The molecular weight excluding hydrogens is 295 g/mol. The SMILES string of the molecule is CC(C)(C)OC(=O)N1CCC(N)c2cc(F)c(Cl)cc2C1. The number of nitrogens with two attached hydrogens (primary N) is 1. The highest BCUT2D eigenvalue weighted by Gasteiger charge is 2.27. The van der Waals surface area contributed by atoms with Crippen LogP contribution in [0.1, 0.15) is 44.4 Å². The number of benzene rings is 1. The molecule has 0 radical (unpaired) electrons. The van der Waals surface area contributed by atoms with Gasteiger partial charge in [0.05, 0.1) is 5.02 Å². The van der Waals surface area contributed by atoms with Gasteiger partial charge in [-0.3, -0.25) is 0 Å². The van der Waals surface area contributed by atoms with E-state index in [1.165, 1.54) is 12.1 Å². The van der Waals surface area contributed by atoms with Crippen molar-refractivity contribution < 1.29 is 13.9 Å². The minimum absolute atomic E-state index is 0.0342. The molecule has 1 aliphatic heterocycles. The average Bonchev–Trinajstić information content (AvgIpc) is 2.49. The zero-order valence-corrected chi connectivity index (χ0v) is 13.2. The Balaban J connectivity index is 2.27. The van der Waals surface area contributed by atoms with Crippen LogP contribution in [0, 0.1) is 5.82 Å². The summed E-state index contributed by atoms with van der Waals surface area (Å²) in [7, 11) is 0. The molecule has 1 aromatic rings. The lowest BCUT2D eigenvalue weighted by atomic mass is 10.00. The standard InChI is InChI=1S/C15H20ClFN2O2/c1-15(2,3)21-14(20)19-5-4-13(18)10-7-12(17)11(16)6-9(10)8-19/h6-7,13H,4-5,8,18H2,1-3H3. The van der Waals surface area contributed by atoms with Crippen molar-refractivity contribution in [2.45, 2.75) is 45.4 Å². The van der Waals surface area contributed by atoms with E-state index >= 15 is 0 Å². The molecule has 1 aromatic carbocycles. The maximum Gasteiger partial charge on any atom is 0.410 e. The minimum Gasteiger partial charge on any atom is -0.444 e. The zero-order chi connectivity index (χ0) is 15.8. The molecule has 0 saturated heterocycles. The molecule has 2 rings (SSSR count). The highest BCUT2D eigenvalue weighted by Crippen LogP contribution is 2.30. The van der Waals surface area contributed by atoms with Crippen LogP contribution >= 0.6 is 11.6 Å². The largest absolute Gasteiger partial charge is 0.444 e. The van der Waals surface area contributed by atoms with E-state index in [0.717, 1.165) is 5.56 Å². The third-order valence-electron chi connectivity index (χ3n) is 3.30. The van der Waals surface area contributed by atoms with Gasteiger partial charge >= 0.3 is 6.09 Å². The normalized spacial score (nSPS) is 19.0. The fraction of sp³-hybridized carbons (Fsp3) is 0.533. The molecule has 0 spiro atoms. The van der Waals surface area contributed by atoms with Crippen LogP contribution < -0.4 is 5.73 Å². The van der Waals surface area contributed by atoms with Gasteiger partial charge in [0.15, 0.2) is 0 Å². The van der Waals surface area contributed by atoms with Crippen molar-refractivity contribution in [3.63, 3.8) is 0 Å². The van der Waals surface area contributed by atoms with Crippen LogP contribution in [0.15, 0.2) is 12.1 Å². The maximum absolute atomic E-state index is 13.6. The molecule has 0 aromatic heterocycles. The summed E-state index contributed by atoms with van der Waals surface area (Å²) in [5.74, 6) is -0.489. The molecule has 6 heteroatoms. The first kappa shape index (κ1) is 16.0. The van der Waals surface area contributed by atoms with Gasteiger partial charge in [-0.1, -0.05) is 11.6 Å². The summed E-state index contributed by atoms with van der Waals surface area (Å²) in [6.07, 6.45) is 0.149. The monoisotopic (exact) mass is 314 g/mol. The quantitative estimate of drug-likeness (QED) is 0.795. The van der Waals surface area contributed by atoms with Crippen LogP contribution in [-0.4, -0.2) is 23.1 Å². The van der Waals surface area contributed by atoms with E-state index in [1.807, 2.05) is 20.8 Å². The predicted molar refractivity (Wildman–Crippen MR) is 79.6 cm³/mol. The van der Waals surface area contributed by atoms with Gasteiger partial charge in [-0.25, -0.2) is 9.18 Å². The number of ether oxygens (including phenoxy) is 1. The maximum atomic E-state index is 13.6. The Hall–Kier alpha value is -1.33. The molecule has 1 unspecified atom stereocenters. The third kappa shape index (κ3) is 3.86. The Bertz CT molecular complexity index is 557. The topological polar surface area (TPSA) is 55.6 Å². The fourth-order valence-electron chi connectivity index (χ4n) is 2.30. The average molecular weight is 315 g/mol. The summed E-state index contributed by atoms with van der Waals surface area (Å²) in [6, 6.07) is 2.58. The van der Waals surface area contributed by atoms with Crippen LogP contribution in [0.5, 0.6) is 0 Å². The lowest BCUT2D eigenvalue weighted by molar-refractivity contribution is 0.0235. The first-order valence-electron chi connectivity index (χ1n) is 6.88. The van der Waals surface area contributed by atoms with Crippen molar-refractivity contribution >= 4 is 17.7 Å². The molecule has 2 N–H and O–H groups in total. The first-order valence-corrected chi connectivity index (χ1v) is 7.26. The van der Waals surface area contributed by atoms with Crippen molar-refractivity contribution in [1.29, 1.82) is 0 Å². The van der Waals surface area contributed by atoms with Gasteiger partial charge in [-0.05, 0) is 50.5 Å². The summed E-state index contributed by atoms with van der Waals surface area (Å²) < 4.78 is 19.0. The van der Waals surface area contributed by atoms with Gasteiger partial charge in [0.25, 0.3) is 0 Å². The van der Waals surface area contributed by atoms with Crippen molar-refractivity contribution in [2.24, 2.45) is 5.73 Å². The third-order valence-corrected chi connectivity index (χ3v) is 3.59. The van der Waals surface area contributed by atoms with Gasteiger partial charge in [-0.15, -0.1) is 0 Å². The number of fused-ring (bicyclic) bond motifs is 1. The number of carbonyl (C=O) groups is 1. The van der Waals surface area contributed by atoms with E-state index in [1.54, 1.807) is 4.90 Å². The van der Waals surface area contributed by atoms with Crippen LogP contribution in [-0.2, 0) is 11.3 Å². The number of hydrogen-bond acceptors (Lipinski definition) is 3. The van der Waals surface area contributed by atoms with Crippen LogP contribution in [0.3, 0.4) is 0 Å². The zero-order valence-electron chi connectivity index (χ0n) is 12.5. The molecule has 21 heavy (non-hydrogen) atoms. The predicted octanol–water partition coefficient (Wildman–Crippen LogP) is 3.62. The Kier molecular flexibility index (Phi) is 4.44. The van der Waals surface area contributed by atoms with E-state index in [-0.39, 0.29) is 11.1 Å². The molecule has 1 atom stereocenters. The van der Waals surface area contributed by atoms with Crippen molar-refractivity contribution in [2.75, 3.05) is 6.54 Å². The van der Waals surface area contributed by atoms with Crippen molar-refractivity contribution in [3.8, 4) is 0 Å². The number of halogens is 2. The van der Waals surface area contributed by atoms with Gasteiger partial charge in [-0.2, -0.15) is 0 Å². The van der Waals surface area contributed by atoms with E-state index in [4.69, 9.17) is 22.1 Å². The second-order valence-corrected chi connectivity index (χ2v) is 6.67. The van der Waals surface area contributed by atoms with Crippen LogP contribution in [0.4, 0.5) is 9.18 Å². The minimum atomic E-state index is -0.561. The molecule has 4 nitrogen and oxygen atoms in total. The Morgan fingerprint density at radius 2 is 2.14 bits per heavy atom. The lowest BCUT2D eigenvalue weighted by Gasteiger charge is -2.26. The summed E-state index contributed by atoms with van der Waals surface area (Å²) in [6.45, 7) is 6.22. The molecule has 1 aliphatic rings. The van der Waals surface area contributed by atoms with Crippen LogP contribution in [0.25, 0.3) is 0 Å². The number of rotatable bonds is 0. The van der Waals surface area contributed by atoms with E-state index in [9.17, 15) is 9.18 Å². The second-order valence-electron chi connectivity index (χ2n) is 6.26. The molecule has 1 heterocycles. The van der Waals surface area contributed by atoms with Crippen molar-refractivity contribution in [3.05, 3.63) is 34.1 Å². The highest BCUT2D eigenvalue weighted by atomic mass is 35.5.